The zero-order valence-electron chi connectivity index (χ0n) is 16.7. The van der Waals surface area contributed by atoms with Crippen LogP contribution in [0.15, 0.2) is 0 Å². The number of carbonyl (C=O) groups excluding carboxylic acids is 1. The van der Waals surface area contributed by atoms with Crippen molar-refractivity contribution in [2.45, 2.75) is 104 Å². The number of hydrogen-bond acceptors (Lipinski definition) is 3. The highest BCUT2D eigenvalue weighted by Gasteiger charge is 2.01. The van der Waals surface area contributed by atoms with E-state index in [-0.39, 0.29) is 12.4 Å². The molecule has 5 heteroatoms. The summed E-state index contributed by atoms with van der Waals surface area (Å²) >= 11 is 0. The molecule has 0 aromatic carbocycles. The molecule has 0 aliphatic heterocycles. The first-order valence-corrected chi connectivity index (χ1v) is 10.1. The van der Waals surface area contributed by atoms with E-state index in [9.17, 15) is 4.79 Å². The second kappa shape index (κ2) is 25.9. The number of aliphatic hydroxyl groups is 2. The summed E-state index contributed by atoms with van der Waals surface area (Å²) in [6, 6.07) is 0. The quantitative estimate of drug-likeness (QED) is 0.329. The van der Waals surface area contributed by atoms with Crippen LogP contribution in [0.5, 0.6) is 0 Å². The average molecular weight is 382 g/mol. The average Bonchev–Trinajstić information content (AvgIpc) is 2.58. The van der Waals surface area contributed by atoms with Gasteiger partial charge in [0.25, 0.3) is 0 Å². The molecule has 4 N–H and O–H groups in total. The van der Waals surface area contributed by atoms with Gasteiger partial charge in [0.05, 0.1) is 0 Å². The Morgan fingerprint density at radius 2 is 1.16 bits per heavy atom. The molecule has 0 spiro atoms. The van der Waals surface area contributed by atoms with E-state index >= 15 is 0 Å². The van der Waals surface area contributed by atoms with Gasteiger partial charge in [-0.05, 0) is 18.8 Å². The van der Waals surface area contributed by atoms with Crippen LogP contribution in [-0.2, 0) is 4.79 Å². The molecule has 0 aromatic heterocycles. The zero-order valence-corrected chi connectivity index (χ0v) is 17.5. The lowest BCUT2D eigenvalue weighted by Gasteiger charge is -2.09. The van der Waals surface area contributed by atoms with Crippen LogP contribution in [0, 0.1) is 5.92 Å². The van der Waals surface area contributed by atoms with Crippen LogP contribution >= 0.6 is 12.4 Å². The van der Waals surface area contributed by atoms with Gasteiger partial charge in [0.1, 0.15) is 6.61 Å². The summed E-state index contributed by atoms with van der Waals surface area (Å²) in [6.07, 6.45) is 19.3. The number of carbonyl (C=O) groups is 1. The summed E-state index contributed by atoms with van der Waals surface area (Å²) in [5.41, 5.74) is 4.40. The number of halogens is 1. The van der Waals surface area contributed by atoms with Gasteiger partial charge in [-0.3, -0.25) is 4.79 Å². The Morgan fingerprint density at radius 1 is 0.800 bits per heavy atom. The van der Waals surface area contributed by atoms with E-state index in [0.29, 0.717) is 6.61 Å². The molecule has 0 bridgehead atoms. The minimum absolute atomic E-state index is 0. The van der Waals surface area contributed by atoms with E-state index in [4.69, 9.17) is 10.2 Å². The fraction of sp³-hybridized carbons (Fsp3) is 0.950. The fourth-order valence-electron chi connectivity index (χ4n) is 2.74. The normalized spacial score (nSPS) is 11.2. The van der Waals surface area contributed by atoms with Gasteiger partial charge in [-0.25, -0.2) is 0 Å². The van der Waals surface area contributed by atoms with Crippen molar-refractivity contribution in [1.29, 1.82) is 0 Å². The number of unbranched alkanes of at least 4 members (excludes halogenated alkanes) is 10. The Labute approximate surface area is 162 Å². The molecule has 0 radical (unpaired) electrons. The Bertz CT molecular complexity index is 253. The highest BCUT2D eigenvalue weighted by atomic mass is 35.5. The van der Waals surface area contributed by atoms with Crippen molar-refractivity contribution in [3.63, 3.8) is 0 Å². The van der Waals surface area contributed by atoms with Crippen LogP contribution < -0.4 is 5.73 Å². The third-order valence-electron chi connectivity index (χ3n) is 4.31. The lowest BCUT2D eigenvalue weighted by atomic mass is 9.97. The number of nitrogens with two attached hydrogens (primary N) is 1. The van der Waals surface area contributed by atoms with E-state index in [0.717, 1.165) is 12.3 Å². The summed E-state index contributed by atoms with van der Waals surface area (Å²) in [5, 5.41) is 16.4. The van der Waals surface area contributed by atoms with Crippen LogP contribution in [0.25, 0.3) is 0 Å². The lowest BCUT2D eigenvalue weighted by molar-refractivity contribution is -0.120. The highest BCUT2D eigenvalue weighted by molar-refractivity contribution is 5.85. The molecule has 0 heterocycles. The van der Waals surface area contributed by atoms with Gasteiger partial charge < -0.3 is 15.9 Å². The van der Waals surface area contributed by atoms with Crippen molar-refractivity contribution in [1.82, 2.24) is 0 Å². The Balaban J connectivity index is -0.000000704. The van der Waals surface area contributed by atoms with E-state index < -0.39 is 12.5 Å². The summed E-state index contributed by atoms with van der Waals surface area (Å²) in [6.45, 7) is 4.42. The van der Waals surface area contributed by atoms with Crippen molar-refractivity contribution in [2.24, 2.45) is 11.7 Å². The predicted molar refractivity (Wildman–Crippen MR) is 110 cm³/mol. The van der Waals surface area contributed by atoms with Gasteiger partial charge in [-0.2, -0.15) is 0 Å². The van der Waals surface area contributed by atoms with Gasteiger partial charge in [-0.15, -0.1) is 12.4 Å². The second-order valence-electron chi connectivity index (χ2n) is 6.92. The number of rotatable bonds is 16. The molecule has 4 nitrogen and oxygen atoms in total. The van der Waals surface area contributed by atoms with Crippen molar-refractivity contribution in [3.8, 4) is 0 Å². The SMILES string of the molecule is CCCCCCCCCCCCCC(C)CCCO.Cl.NC(=O)CO. The molecule has 0 aliphatic carbocycles. The van der Waals surface area contributed by atoms with Gasteiger partial charge in [0.2, 0.25) is 5.91 Å². The molecular formula is C20H44ClNO3. The van der Waals surface area contributed by atoms with E-state index in [1.807, 2.05) is 0 Å². The zero-order chi connectivity index (χ0) is 18.5. The number of hydrogen-bond donors (Lipinski definition) is 3. The second-order valence-corrected chi connectivity index (χ2v) is 6.92. The molecule has 0 aliphatic rings. The Kier molecular flexibility index (Phi) is 30.5. The van der Waals surface area contributed by atoms with Gasteiger partial charge in [0, 0.05) is 6.61 Å². The molecule has 0 saturated carbocycles. The summed E-state index contributed by atoms with van der Waals surface area (Å²) in [5.74, 6) is 0.121. The molecule has 0 saturated heterocycles. The Morgan fingerprint density at radius 3 is 1.52 bits per heavy atom. The largest absolute Gasteiger partial charge is 0.396 e. The maximum atomic E-state index is 9.34. The Hall–Kier alpha value is -0.320. The molecule has 1 unspecified atom stereocenters. The minimum atomic E-state index is -0.690. The molecular weight excluding hydrogens is 338 g/mol. The van der Waals surface area contributed by atoms with Crippen molar-refractivity contribution in [2.75, 3.05) is 13.2 Å². The molecule has 0 rings (SSSR count). The van der Waals surface area contributed by atoms with Crippen LogP contribution in [0.2, 0.25) is 0 Å². The standard InChI is InChI=1S/C18H38O.C2H5NO2.ClH/c1-3-4-5-6-7-8-9-10-11-12-13-15-18(2)16-14-17-19;3-2(5)1-4;/h18-19H,3-17H2,1-2H3;4H,1H2,(H2,3,5);1H. The summed E-state index contributed by atoms with van der Waals surface area (Å²) in [4.78, 5) is 9.34. The van der Waals surface area contributed by atoms with Crippen molar-refractivity contribution < 1.29 is 15.0 Å². The van der Waals surface area contributed by atoms with Crippen LogP contribution in [0.1, 0.15) is 104 Å². The molecule has 1 atom stereocenters. The topological polar surface area (TPSA) is 83.5 Å². The first-order valence-electron chi connectivity index (χ1n) is 10.1. The van der Waals surface area contributed by atoms with Crippen molar-refractivity contribution >= 4 is 18.3 Å². The number of primary amides is 1. The monoisotopic (exact) mass is 381 g/mol. The molecule has 154 valence electrons. The maximum absolute atomic E-state index is 9.34. The molecule has 1 amide bonds. The number of aliphatic hydroxyl groups excluding tert-OH is 2. The van der Waals surface area contributed by atoms with Gasteiger partial charge >= 0.3 is 0 Å². The van der Waals surface area contributed by atoms with E-state index in [2.05, 4.69) is 19.6 Å². The van der Waals surface area contributed by atoms with Crippen molar-refractivity contribution in [3.05, 3.63) is 0 Å². The van der Waals surface area contributed by atoms with Crippen LogP contribution in [0.3, 0.4) is 0 Å². The number of amides is 1. The van der Waals surface area contributed by atoms with E-state index in [1.165, 1.54) is 83.5 Å². The highest BCUT2D eigenvalue weighted by Crippen LogP contribution is 2.16. The third kappa shape index (κ3) is 31.9. The van der Waals surface area contributed by atoms with Crippen LogP contribution in [-0.4, -0.2) is 29.3 Å². The first kappa shape index (κ1) is 29.4. The molecule has 25 heavy (non-hydrogen) atoms. The third-order valence-corrected chi connectivity index (χ3v) is 4.31. The molecule has 0 aromatic rings. The molecule has 0 fully saturated rings. The maximum Gasteiger partial charge on any atom is 0.243 e. The van der Waals surface area contributed by atoms with Gasteiger partial charge in [-0.1, -0.05) is 90.9 Å². The smallest absolute Gasteiger partial charge is 0.243 e. The minimum Gasteiger partial charge on any atom is -0.396 e. The summed E-state index contributed by atoms with van der Waals surface area (Å²) in [7, 11) is 0. The fourth-order valence-corrected chi connectivity index (χ4v) is 2.74. The predicted octanol–water partition coefficient (Wildman–Crippen LogP) is 4.98. The van der Waals surface area contributed by atoms with E-state index in [1.54, 1.807) is 0 Å². The van der Waals surface area contributed by atoms with Gasteiger partial charge in [0.15, 0.2) is 0 Å². The first-order chi connectivity index (χ1) is 11.6. The van der Waals surface area contributed by atoms with Crippen LogP contribution in [0.4, 0.5) is 0 Å². The lowest BCUT2D eigenvalue weighted by Crippen LogP contribution is -2.14. The summed E-state index contributed by atoms with van der Waals surface area (Å²) < 4.78 is 0.